The van der Waals surface area contributed by atoms with Crippen molar-refractivity contribution in [1.82, 2.24) is 9.55 Å². The van der Waals surface area contributed by atoms with E-state index in [1.807, 2.05) is 18.2 Å². The number of pyridine rings is 1. The molecule has 2 aromatic heterocycles. The van der Waals surface area contributed by atoms with Gasteiger partial charge in [-0.25, -0.2) is 4.98 Å². The molecule has 0 unspecified atom stereocenters. The van der Waals surface area contributed by atoms with Crippen molar-refractivity contribution in [3.05, 3.63) is 194 Å². The van der Waals surface area contributed by atoms with Gasteiger partial charge in [-0.3, -0.25) is 0 Å². The first-order valence-electron chi connectivity index (χ1n) is 17.6. The second-order valence-electron chi connectivity index (χ2n) is 13.1. The lowest BCUT2D eigenvalue weighted by Gasteiger charge is -2.16. The average molecular weight is 665 g/mol. The Labute approximate surface area is 302 Å². The van der Waals surface area contributed by atoms with Gasteiger partial charge in [0.05, 0.1) is 22.6 Å². The predicted molar refractivity (Wildman–Crippen MR) is 214 cm³/mol. The van der Waals surface area contributed by atoms with Crippen molar-refractivity contribution in [2.75, 3.05) is 0 Å². The lowest BCUT2D eigenvalue weighted by atomic mass is 9.96. The summed E-state index contributed by atoms with van der Waals surface area (Å²) in [6.07, 6.45) is 0. The molecule has 0 N–H and O–H groups in total. The summed E-state index contributed by atoms with van der Waals surface area (Å²) in [6, 6.07) is 68.4. The third kappa shape index (κ3) is 5.02. The van der Waals surface area contributed by atoms with Crippen LogP contribution >= 0.6 is 0 Å². The van der Waals surface area contributed by atoms with Gasteiger partial charge in [0, 0.05) is 44.5 Å². The summed E-state index contributed by atoms with van der Waals surface area (Å²) in [5, 5.41) is 1.18. The average Bonchev–Trinajstić information content (AvgIpc) is 3.49. The molecule has 0 amide bonds. The summed E-state index contributed by atoms with van der Waals surface area (Å²) in [6.45, 7) is 0. The van der Waals surface area contributed by atoms with Crippen LogP contribution in [-0.2, 0) is 0 Å². The molecular weight excluding hydrogens is 633 g/mol. The fraction of sp³-hybridized carbons (Fsp3) is 0. The monoisotopic (exact) mass is 664 g/mol. The van der Waals surface area contributed by atoms with Gasteiger partial charge in [0.2, 0.25) is 0 Å². The molecule has 0 aliphatic carbocycles. The van der Waals surface area contributed by atoms with E-state index in [9.17, 15) is 0 Å². The molecule has 3 heterocycles. The minimum atomic E-state index is 0.839. The van der Waals surface area contributed by atoms with Crippen molar-refractivity contribution in [3.63, 3.8) is 0 Å². The van der Waals surface area contributed by atoms with Crippen LogP contribution in [0.2, 0.25) is 0 Å². The zero-order valence-corrected chi connectivity index (χ0v) is 28.3. The number of hydrogen-bond acceptors (Lipinski definition) is 2. The van der Waals surface area contributed by atoms with E-state index in [2.05, 4.69) is 180 Å². The molecule has 3 heteroatoms. The van der Waals surface area contributed by atoms with Crippen LogP contribution in [0.1, 0.15) is 0 Å². The molecule has 7 aromatic carbocycles. The molecule has 0 bridgehead atoms. The fourth-order valence-corrected chi connectivity index (χ4v) is 7.62. The van der Waals surface area contributed by atoms with Crippen LogP contribution in [0, 0.1) is 0 Å². The van der Waals surface area contributed by atoms with E-state index in [0.717, 1.165) is 73.2 Å². The van der Waals surface area contributed by atoms with Gasteiger partial charge in [-0.15, -0.1) is 0 Å². The van der Waals surface area contributed by atoms with Crippen molar-refractivity contribution in [2.24, 2.45) is 0 Å². The van der Waals surface area contributed by atoms with Crippen LogP contribution in [0.3, 0.4) is 0 Å². The molecule has 3 nitrogen and oxygen atoms in total. The van der Waals surface area contributed by atoms with Gasteiger partial charge >= 0.3 is 0 Å². The number of aromatic nitrogens is 2. The third-order valence-corrected chi connectivity index (χ3v) is 10.0. The standard InChI is InChI=1S/C49H32N2O/c1-4-15-33(16-5-1)37-31-43(35-19-8-3-9-20-35)50-44(32-37)36-27-29-38(30-28-36)51-48-39(34-17-6-2-7-18-34)23-14-24-42(48)47-40-21-10-12-25-45(40)52-46-26-13-11-22-41(46)49(47)51/h1-32H. The Hall–Kier alpha value is -6.97. The van der Waals surface area contributed by atoms with Crippen LogP contribution in [0.5, 0.6) is 11.5 Å². The quantitative estimate of drug-likeness (QED) is 0.183. The Morgan fingerprint density at radius 3 is 1.58 bits per heavy atom. The van der Waals surface area contributed by atoms with E-state index >= 15 is 0 Å². The van der Waals surface area contributed by atoms with Crippen LogP contribution in [0.15, 0.2) is 194 Å². The number of benzene rings is 7. The highest BCUT2D eigenvalue weighted by molar-refractivity contribution is 6.12. The van der Waals surface area contributed by atoms with Crippen LogP contribution < -0.4 is 4.74 Å². The molecular formula is C49H32N2O. The molecule has 0 saturated heterocycles. The zero-order valence-electron chi connectivity index (χ0n) is 28.3. The van der Waals surface area contributed by atoms with Gasteiger partial charge in [-0.05, 0) is 59.2 Å². The Balaban J connectivity index is 1.22. The Morgan fingerprint density at radius 2 is 0.904 bits per heavy atom. The van der Waals surface area contributed by atoms with Gasteiger partial charge in [0.15, 0.2) is 0 Å². The summed E-state index contributed by atoms with van der Waals surface area (Å²) in [7, 11) is 0. The number of para-hydroxylation sites is 3. The molecule has 1 aliphatic heterocycles. The zero-order chi connectivity index (χ0) is 34.4. The van der Waals surface area contributed by atoms with E-state index < -0.39 is 0 Å². The topological polar surface area (TPSA) is 27.1 Å². The number of rotatable bonds is 5. The fourth-order valence-electron chi connectivity index (χ4n) is 7.62. The summed E-state index contributed by atoms with van der Waals surface area (Å²) < 4.78 is 9.08. The first-order valence-corrected chi connectivity index (χ1v) is 17.6. The van der Waals surface area contributed by atoms with E-state index in [0.29, 0.717) is 0 Å². The maximum atomic E-state index is 6.65. The van der Waals surface area contributed by atoms with E-state index in [-0.39, 0.29) is 0 Å². The SMILES string of the molecule is c1ccc(-c2cc(-c3ccccc3)nc(-c3ccc(-n4c5c(c6cccc(-c7ccccc7)c64)-c4ccccc4Oc4ccccc4-5)cc3)c2)cc1. The molecule has 9 aromatic rings. The minimum absolute atomic E-state index is 0.839. The highest BCUT2D eigenvalue weighted by Gasteiger charge is 2.29. The lowest BCUT2D eigenvalue weighted by molar-refractivity contribution is 0.487. The Kier molecular flexibility index (Phi) is 7.14. The second kappa shape index (κ2) is 12.4. The largest absolute Gasteiger partial charge is 0.456 e. The Bertz CT molecular complexity index is 2670. The maximum Gasteiger partial charge on any atom is 0.136 e. The molecule has 0 fully saturated rings. The summed E-state index contributed by atoms with van der Waals surface area (Å²) in [5.41, 5.74) is 15.3. The third-order valence-electron chi connectivity index (χ3n) is 10.0. The van der Waals surface area contributed by atoms with Gasteiger partial charge in [0.25, 0.3) is 0 Å². The lowest BCUT2D eigenvalue weighted by Crippen LogP contribution is -1.99. The van der Waals surface area contributed by atoms with Crippen molar-refractivity contribution < 1.29 is 4.74 Å². The molecule has 0 radical (unpaired) electrons. The summed E-state index contributed by atoms with van der Waals surface area (Å²) in [4.78, 5) is 5.21. The molecule has 0 atom stereocenters. The van der Waals surface area contributed by atoms with Crippen molar-refractivity contribution in [2.45, 2.75) is 0 Å². The van der Waals surface area contributed by atoms with Gasteiger partial charge in [-0.1, -0.05) is 152 Å². The minimum Gasteiger partial charge on any atom is -0.456 e. The van der Waals surface area contributed by atoms with Crippen molar-refractivity contribution >= 4 is 10.9 Å². The number of ether oxygens (including phenoxy) is 1. The van der Waals surface area contributed by atoms with Crippen LogP contribution in [-0.4, -0.2) is 9.55 Å². The summed E-state index contributed by atoms with van der Waals surface area (Å²) >= 11 is 0. The highest BCUT2D eigenvalue weighted by Crippen LogP contribution is 2.53. The Morgan fingerprint density at radius 1 is 0.385 bits per heavy atom. The van der Waals surface area contributed by atoms with E-state index in [1.165, 1.54) is 22.1 Å². The second-order valence-corrected chi connectivity index (χ2v) is 13.1. The molecule has 52 heavy (non-hydrogen) atoms. The summed E-state index contributed by atoms with van der Waals surface area (Å²) in [5.74, 6) is 1.69. The van der Waals surface area contributed by atoms with Crippen LogP contribution in [0.4, 0.5) is 0 Å². The number of nitrogens with zero attached hydrogens (tertiary/aromatic N) is 2. The molecule has 0 saturated carbocycles. The number of hydrogen-bond donors (Lipinski definition) is 0. The van der Waals surface area contributed by atoms with Crippen molar-refractivity contribution in [3.8, 4) is 84.3 Å². The molecule has 0 spiro atoms. The van der Waals surface area contributed by atoms with Gasteiger partial charge in [-0.2, -0.15) is 0 Å². The number of fused-ring (bicyclic) bond motifs is 7. The van der Waals surface area contributed by atoms with Gasteiger partial charge in [0.1, 0.15) is 11.5 Å². The van der Waals surface area contributed by atoms with Crippen LogP contribution in [0.25, 0.3) is 83.7 Å². The normalized spacial score (nSPS) is 11.6. The van der Waals surface area contributed by atoms with Crippen molar-refractivity contribution in [1.29, 1.82) is 0 Å². The molecule has 1 aliphatic rings. The predicted octanol–water partition coefficient (Wildman–Crippen LogP) is 13.1. The van der Waals surface area contributed by atoms with Gasteiger partial charge < -0.3 is 9.30 Å². The maximum absolute atomic E-state index is 6.65. The van der Waals surface area contributed by atoms with E-state index in [1.54, 1.807) is 0 Å². The molecule has 244 valence electrons. The smallest absolute Gasteiger partial charge is 0.136 e. The van der Waals surface area contributed by atoms with E-state index in [4.69, 9.17) is 9.72 Å². The highest BCUT2D eigenvalue weighted by atomic mass is 16.5. The first-order chi connectivity index (χ1) is 25.8. The molecule has 10 rings (SSSR count). The first kappa shape index (κ1) is 29.9.